The number of aromatic nitrogens is 2. The van der Waals surface area contributed by atoms with Crippen molar-refractivity contribution in [2.75, 3.05) is 44.1 Å². The molecule has 1 atom stereocenters. The van der Waals surface area contributed by atoms with Crippen molar-refractivity contribution in [2.24, 2.45) is 0 Å². The molecule has 10 nitrogen and oxygen atoms in total. The number of nitro groups is 1. The van der Waals surface area contributed by atoms with Crippen LogP contribution in [0.4, 0.5) is 17.5 Å². The minimum Gasteiger partial charge on any atom is -0.377 e. The summed E-state index contributed by atoms with van der Waals surface area (Å²) < 4.78 is 5.28. The number of hydrogen-bond acceptors (Lipinski definition) is 8. The molecule has 1 aromatic heterocycles. The number of nitrogens with one attached hydrogen (secondary N) is 2. The molecule has 21 heavy (non-hydrogen) atoms. The molecular weight excluding hydrogens is 280 g/mol. The van der Waals surface area contributed by atoms with Crippen molar-refractivity contribution < 1.29 is 14.5 Å². The average molecular weight is 296 g/mol. The fraction of sp³-hybridized carbons (Fsp3) is 0.545. The Morgan fingerprint density at radius 1 is 1.57 bits per heavy atom. The predicted octanol–water partition coefficient (Wildman–Crippen LogP) is -0.622. The maximum atomic E-state index is 11.9. The van der Waals surface area contributed by atoms with E-state index in [-0.39, 0.29) is 30.0 Å². The Labute approximate surface area is 120 Å². The van der Waals surface area contributed by atoms with Crippen LogP contribution >= 0.6 is 0 Å². The molecule has 114 valence electrons. The van der Waals surface area contributed by atoms with E-state index < -0.39 is 11.0 Å². The minimum absolute atomic E-state index is 0.108. The molecule has 0 bridgehead atoms. The second-order valence-corrected chi connectivity index (χ2v) is 4.31. The van der Waals surface area contributed by atoms with Crippen molar-refractivity contribution in [3.05, 3.63) is 16.3 Å². The summed E-state index contributed by atoms with van der Waals surface area (Å²) in [4.78, 5) is 32.1. The number of ether oxygens (including phenoxy) is 1. The van der Waals surface area contributed by atoms with Gasteiger partial charge >= 0.3 is 5.69 Å². The third kappa shape index (κ3) is 2.99. The van der Waals surface area contributed by atoms with E-state index in [1.165, 1.54) is 7.05 Å². The molecule has 1 unspecified atom stereocenters. The van der Waals surface area contributed by atoms with Crippen molar-refractivity contribution in [3.8, 4) is 0 Å². The maximum absolute atomic E-state index is 11.9. The maximum Gasteiger partial charge on any atom is 0.329 e. The van der Waals surface area contributed by atoms with Crippen LogP contribution in [0.25, 0.3) is 0 Å². The molecule has 0 radical (unpaired) electrons. The molecule has 2 heterocycles. The summed E-state index contributed by atoms with van der Waals surface area (Å²) in [6.07, 6.45) is 1.13. The van der Waals surface area contributed by atoms with Crippen molar-refractivity contribution in [1.82, 2.24) is 15.3 Å². The van der Waals surface area contributed by atoms with Gasteiger partial charge in [-0.3, -0.25) is 14.9 Å². The first-order valence-electron chi connectivity index (χ1n) is 6.33. The second kappa shape index (κ2) is 6.31. The van der Waals surface area contributed by atoms with Gasteiger partial charge in [-0.2, -0.15) is 4.98 Å². The highest BCUT2D eigenvalue weighted by Gasteiger charge is 2.34. The van der Waals surface area contributed by atoms with E-state index in [1.54, 1.807) is 11.9 Å². The van der Waals surface area contributed by atoms with Crippen LogP contribution in [0.1, 0.15) is 0 Å². The van der Waals surface area contributed by atoms with E-state index in [2.05, 4.69) is 20.6 Å². The number of carbonyl (C=O) groups excluding carboxylic acids is 1. The lowest BCUT2D eigenvalue weighted by Gasteiger charge is -2.34. The first-order chi connectivity index (χ1) is 10.1. The van der Waals surface area contributed by atoms with Gasteiger partial charge in [0, 0.05) is 20.6 Å². The van der Waals surface area contributed by atoms with Crippen LogP contribution in [0.2, 0.25) is 0 Å². The van der Waals surface area contributed by atoms with Gasteiger partial charge in [0.1, 0.15) is 12.2 Å². The third-order valence-electron chi connectivity index (χ3n) is 3.12. The van der Waals surface area contributed by atoms with Crippen LogP contribution in [0.3, 0.4) is 0 Å². The van der Waals surface area contributed by atoms with Crippen LogP contribution in [-0.4, -0.2) is 60.7 Å². The van der Waals surface area contributed by atoms with Crippen molar-refractivity contribution >= 4 is 23.4 Å². The summed E-state index contributed by atoms with van der Waals surface area (Å²) in [5.41, 5.74) is -0.246. The fourth-order valence-electron chi connectivity index (χ4n) is 2.07. The molecule has 0 aromatic carbocycles. The molecule has 1 fully saturated rings. The summed E-state index contributed by atoms with van der Waals surface area (Å²) in [5, 5.41) is 16.4. The number of carbonyl (C=O) groups is 1. The Balaban J connectivity index is 2.45. The van der Waals surface area contributed by atoms with Crippen molar-refractivity contribution in [1.29, 1.82) is 0 Å². The molecule has 0 aliphatic carbocycles. The Hall–Kier alpha value is -2.49. The van der Waals surface area contributed by atoms with Crippen molar-refractivity contribution in [2.45, 2.75) is 6.04 Å². The van der Waals surface area contributed by atoms with Crippen LogP contribution in [0, 0.1) is 10.1 Å². The molecule has 1 saturated heterocycles. The smallest absolute Gasteiger partial charge is 0.329 e. The molecule has 2 rings (SSSR count). The molecule has 10 heteroatoms. The first-order valence-corrected chi connectivity index (χ1v) is 6.33. The molecule has 1 aliphatic heterocycles. The second-order valence-electron chi connectivity index (χ2n) is 4.31. The Bertz CT molecular complexity index is 552. The quantitative estimate of drug-likeness (QED) is 0.556. The lowest BCUT2D eigenvalue weighted by Crippen LogP contribution is -2.53. The largest absolute Gasteiger partial charge is 0.377 e. The average Bonchev–Trinajstić information content (AvgIpc) is 2.53. The van der Waals surface area contributed by atoms with Gasteiger partial charge in [-0.05, 0) is 0 Å². The van der Waals surface area contributed by atoms with Gasteiger partial charge < -0.3 is 20.3 Å². The number of likely N-dealkylation sites (N-methyl/N-ethyl adjacent to an activating group) is 1. The number of morpholine rings is 1. The summed E-state index contributed by atoms with van der Waals surface area (Å²) in [5.74, 6) is 0.0719. The fourth-order valence-corrected chi connectivity index (χ4v) is 2.07. The normalized spacial score (nSPS) is 18.2. The number of anilines is 2. The van der Waals surface area contributed by atoms with E-state index in [1.807, 2.05) is 0 Å². The zero-order valence-electron chi connectivity index (χ0n) is 11.7. The monoisotopic (exact) mass is 296 g/mol. The predicted molar refractivity (Wildman–Crippen MR) is 74.3 cm³/mol. The van der Waals surface area contributed by atoms with Gasteiger partial charge in [0.05, 0.1) is 18.1 Å². The molecule has 1 aliphatic rings. The standard InChI is InChI=1S/C11H16N6O4/c1-12-10(18)8-6-21-4-3-16(8)9-7(17(19)20)5-14-11(13-2)15-9/h5,8H,3-4,6H2,1-2H3,(H,12,18)(H,13,14,15). The van der Waals surface area contributed by atoms with Crippen LogP contribution in [-0.2, 0) is 9.53 Å². The van der Waals surface area contributed by atoms with Gasteiger partial charge in [0.25, 0.3) is 0 Å². The highest BCUT2D eigenvalue weighted by atomic mass is 16.6. The highest BCUT2D eigenvalue weighted by Crippen LogP contribution is 2.28. The van der Waals surface area contributed by atoms with Gasteiger partial charge in [0.15, 0.2) is 0 Å². The SMILES string of the molecule is CNC(=O)C1COCCN1c1nc(NC)ncc1[N+](=O)[O-]. The zero-order chi connectivity index (χ0) is 15.4. The van der Waals surface area contributed by atoms with Crippen LogP contribution in [0.5, 0.6) is 0 Å². The summed E-state index contributed by atoms with van der Waals surface area (Å²) in [6, 6.07) is -0.665. The van der Waals surface area contributed by atoms with E-state index in [0.717, 1.165) is 6.20 Å². The molecule has 0 spiro atoms. The number of hydrogen-bond donors (Lipinski definition) is 2. The van der Waals surface area contributed by atoms with E-state index in [9.17, 15) is 14.9 Å². The minimum atomic E-state index is -0.665. The van der Waals surface area contributed by atoms with Gasteiger partial charge in [0.2, 0.25) is 17.7 Å². The highest BCUT2D eigenvalue weighted by molar-refractivity contribution is 5.86. The lowest BCUT2D eigenvalue weighted by molar-refractivity contribution is -0.384. The van der Waals surface area contributed by atoms with E-state index in [4.69, 9.17) is 4.74 Å². The van der Waals surface area contributed by atoms with Gasteiger partial charge in [-0.15, -0.1) is 0 Å². The summed E-state index contributed by atoms with van der Waals surface area (Å²) in [6.45, 7) is 0.846. The zero-order valence-corrected chi connectivity index (χ0v) is 11.7. The lowest BCUT2D eigenvalue weighted by atomic mass is 10.2. The Kier molecular flexibility index (Phi) is 4.48. The number of nitrogens with zero attached hydrogens (tertiary/aromatic N) is 4. The Morgan fingerprint density at radius 2 is 2.33 bits per heavy atom. The number of rotatable bonds is 4. The molecule has 1 aromatic rings. The topological polar surface area (TPSA) is 123 Å². The number of amides is 1. The van der Waals surface area contributed by atoms with Gasteiger partial charge in [-0.1, -0.05) is 0 Å². The van der Waals surface area contributed by atoms with Crippen molar-refractivity contribution in [3.63, 3.8) is 0 Å². The first kappa shape index (κ1) is 14.9. The third-order valence-corrected chi connectivity index (χ3v) is 3.12. The van der Waals surface area contributed by atoms with Crippen LogP contribution < -0.4 is 15.5 Å². The van der Waals surface area contributed by atoms with E-state index >= 15 is 0 Å². The Morgan fingerprint density at radius 3 is 2.95 bits per heavy atom. The molecule has 2 N–H and O–H groups in total. The van der Waals surface area contributed by atoms with Gasteiger partial charge in [-0.25, -0.2) is 4.98 Å². The molecule has 0 saturated carbocycles. The summed E-state index contributed by atoms with van der Waals surface area (Å²) >= 11 is 0. The molecular formula is C11H16N6O4. The van der Waals surface area contributed by atoms with E-state index in [0.29, 0.717) is 13.2 Å². The van der Waals surface area contributed by atoms with Crippen LogP contribution in [0.15, 0.2) is 6.20 Å². The summed E-state index contributed by atoms with van der Waals surface area (Å²) in [7, 11) is 3.11. The molecule has 1 amide bonds.